The van der Waals surface area contributed by atoms with Gasteiger partial charge < -0.3 is 14.5 Å². The van der Waals surface area contributed by atoms with Crippen LogP contribution in [0.5, 0.6) is 11.5 Å². The summed E-state index contributed by atoms with van der Waals surface area (Å²) < 4.78 is 10.9. The molecule has 94 valence electrons. The first-order valence-corrected chi connectivity index (χ1v) is 6.21. The Morgan fingerprint density at radius 1 is 1.28 bits per heavy atom. The molecule has 1 aromatic heterocycles. The highest BCUT2D eigenvalue weighted by Crippen LogP contribution is 2.30. The number of hydrogen-bond donors (Lipinski definition) is 1. The SMILES string of the molecule is COc1ccc(-c2ncc(I)c(=O)[nH]2)c(OC)c1. The van der Waals surface area contributed by atoms with Crippen LogP contribution in [-0.2, 0) is 0 Å². The van der Waals surface area contributed by atoms with Gasteiger partial charge in [-0.15, -0.1) is 0 Å². The van der Waals surface area contributed by atoms with Crippen LogP contribution < -0.4 is 15.0 Å². The quantitative estimate of drug-likeness (QED) is 0.854. The van der Waals surface area contributed by atoms with Gasteiger partial charge in [0.05, 0.1) is 23.4 Å². The van der Waals surface area contributed by atoms with E-state index in [9.17, 15) is 4.79 Å². The van der Waals surface area contributed by atoms with Crippen LogP contribution in [0.15, 0.2) is 29.2 Å². The van der Waals surface area contributed by atoms with Crippen LogP contribution in [0, 0.1) is 3.57 Å². The van der Waals surface area contributed by atoms with Crippen LogP contribution >= 0.6 is 22.6 Å². The van der Waals surface area contributed by atoms with E-state index in [1.807, 2.05) is 22.6 Å². The average Bonchev–Trinajstić information content (AvgIpc) is 2.41. The van der Waals surface area contributed by atoms with E-state index in [2.05, 4.69) is 9.97 Å². The molecule has 0 spiro atoms. The summed E-state index contributed by atoms with van der Waals surface area (Å²) in [4.78, 5) is 18.5. The third-order valence-electron chi connectivity index (χ3n) is 2.42. The molecule has 1 heterocycles. The van der Waals surface area contributed by atoms with Gasteiger partial charge in [-0.05, 0) is 34.7 Å². The van der Waals surface area contributed by atoms with E-state index in [4.69, 9.17) is 9.47 Å². The van der Waals surface area contributed by atoms with Gasteiger partial charge in [-0.2, -0.15) is 0 Å². The summed E-state index contributed by atoms with van der Waals surface area (Å²) in [5, 5.41) is 0. The molecular weight excluding hydrogens is 347 g/mol. The summed E-state index contributed by atoms with van der Waals surface area (Å²) in [7, 11) is 3.14. The van der Waals surface area contributed by atoms with Crippen molar-refractivity contribution in [3.63, 3.8) is 0 Å². The molecule has 0 amide bonds. The van der Waals surface area contributed by atoms with Gasteiger partial charge in [0, 0.05) is 12.3 Å². The van der Waals surface area contributed by atoms with Gasteiger partial charge in [0.1, 0.15) is 17.3 Å². The van der Waals surface area contributed by atoms with Crippen molar-refractivity contribution in [1.29, 1.82) is 0 Å². The van der Waals surface area contributed by atoms with E-state index in [0.717, 1.165) is 0 Å². The number of ether oxygens (including phenoxy) is 2. The van der Waals surface area contributed by atoms with Gasteiger partial charge in [-0.1, -0.05) is 0 Å². The topological polar surface area (TPSA) is 64.2 Å². The molecule has 6 heteroatoms. The first-order chi connectivity index (χ1) is 8.65. The molecule has 1 N–H and O–H groups in total. The number of nitrogens with zero attached hydrogens (tertiary/aromatic N) is 1. The summed E-state index contributed by atoms with van der Waals surface area (Å²) in [6, 6.07) is 5.33. The normalized spacial score (nSPS) is 10.2. The minimum absolute atomic E-state index is 0.168. The van der Waals surface area contributed by atoms with E-state index >= 15 is 0 Å². The standard InChI is InChI=1S/C12H11IN2O3/c1-17-7-3-4-8(10(5-7)18-2)11-14-6-9(13)12(16)15-11/h3-6H,1-2H3,(H,14,15,16). The van der Waals surface area contributed by atoms with Crippen molar-refractivity contribution >= 4 is 22.6 Å². The fourth-order valence-electron chi connectivity index (χ4n) is 1.51. The molecule has 1 aromatic carbocycles. The van der Waals surface area contributed by atoms with Gasteiger partial charge >= 0.3 is 0 Å². The van der Waals surface area contributed by atoms with E-state index < -0.39 is 0 Å². The van der Waals surface area contributed by atoms with Crippen molar-refractivity contribution in [3.05, 3.63) is 38.3 Å². The first kappa shape index (κ1) is 12.9. The van der Waals surface area contributed by atoms with Crippen LogP contribution in [0.1, 0.15) is 0 Å². The largest absolute Gasteiger partial charge is 0.497 e. The Hall–Kier alpha value is -1.57. The summed E-state index contributed by atoms with van der Waals surface area (Å²) in [6.45, 7) is 0. The zero-order valence-electron chi connectivity index (χ0n) is 9.86. The minimum Gasteiger partial charge on any atom is -0.497 e. The minimum atomic E-state index is -0.168. The predicted octanol–water partition coefficient (Wildman–Crippen LogP) is 2.06. The summed E-state index contributed by atoms with van der Waals surface area (Å²) in [5.41, 5.74) is 0.547. The number of H-pyrrole nitrogens is 1. The summed E-state index contributed by atoms with van der Waals surface area (Å²) >= 11 is 1.93. The van der Waals surface area contributed by atoms with Gasteiger partial charge in [-0.25, -0.2) is 4.98 Å². The van der Waals surface area contributed by atoms with Crippen LogP contribution in [0.2, 0.25) is 0 Å². The third kappa shape index (κ3) is 2.47. The zero-order chi connectivity index (χ0) is 13.1. The highest BCUT2D eigenvalue weighted by molar-refractivity contribution is 14.1. The molecule has 0 bridgehead atoms. The smallest absolute Gasteiger partial charge is 0.264 e. The van der Waals surface area contributed by atoms with Crippen molar-refractivity contribution in [1.82, 2.24) is 9.97 Å². The molecule has 0 radical (unpaired) electrons. The van der Waals surface area contributed by atoms with Crippen molar-refractivity contribution in [3.8, 4) is 22.9 Å². The van der Waals surface area contributed by atoms with Crippen LogP contribution in [0.25, 0.3) is 11.4 Å². The van der Waals surface area contributed by atoms with Crippen LogP contribution in [0.4, 0.5) is 0 Å². The Kier molecular flexibility index (Phi) is 3.85. The molecule has 0 aliphatic heterocycles. The van der Waals surface area contributed by atoms with Crippen molar-refractivity contribution in [2.24, 2.45) is 0 Å². The molecule has 0 saturated heterocycles. The molecule has 2 rings (SSSR count). The highest BCUT2D eigenvalue weighted by Gasteiger charge is 2.10. The second-order valence-corrected chi connectivity index (χ2v) is 4.64. The lowest BCUT2D eigenvalue weighted by atomic mass is 10.2. The molecule has 0 aliphatic rings. The van der Waals surface area contributed by atoms with Gasteiger partial charge in [0.15, 0.2) is 0 Å². The van der Waals surface area contributed by atoms with Crippen LogP contribution in [-0.4, -0.2) is 24.2 Å². The first-order valence-electron chi connectivity index (χ1n) is 5.13. The summed E-state index contributed by atoms with van der Waals surface area (Å²) in [6.07, 6.45) is 1.53. The van der Waals surface area contributed by atoms with Crippen LogP contribution in [0.3, 0.4) is 0 Å². The summed E-state index contributed by atoms with van der Waals surface area (Å²) in [5.74, 6) is 1.75. The Morgan fingerprint density at radius 2 is 2.06 bits per heavy atom. The molecular formula is C12H11IN2O3. The molecule has 0 fully saturated rings. The number of aromatic nitrogens is 2. The lowest BCUT2D eigenvalue weighted by Crippen LogP contribution is -2.11. The Balaban J connectivity index is 2.56. The van der Waals surface area contributed by atoms with Gasteiger partial charge in [-0.3, -0.25) is 4.79 Å². The van der Waals surface area contributed by atoms with E-state index in [0.29, 0.717) is 26.5 Å². The molecule has 0 aliphatic carbocycles. The number of nitrogens with one attached hydrogen (secondary N) is 1. The molecule has 0 unspecified atom stereocenters. The molecule has 0 atom stereocenters. The van der Waals surface area contributed by atoms with Gasteiger partial charge in [0.2, 0.25) is 0 Å². The lowest BCUT2D eigenvalue weighted by Gasteiger charge is -2.09. The van der Waals surface area contributed by atoms with Gasteiger partial charge in [0.25, 0.3) is 5.56 Å². The number of benzene rings is 1. The van der Waals surface area contributed by atoms with E-state index in [1.165, 1.54) is 6.20 Å². The number of methoxy groups -OCH3 is 2. The lowest BCUT2D eigenvalue weighted by molar-refractivity contribution is 0.395. The third-order valence-corrected chi connectivity index (χ3v) is 3.19. The molecule has 0 saturated carbocycles. The number of hydrogen-bond acceptors (Lipinski definition) is 4. The second kappa shape index (κ2) is 5.38. The van der Waals surface area contributed by atoms with Crippen molar-refractivity contribution < 1.29 is 9.47 Å². The maximum Gasteiger partial charge on any atom is 0.264 e. The highest BCUT2D eigenvalue weighted by atomic mass is 127. The number of rotatable bonds is 3. The molecule has 2 aromatic rings. The predicted molar refractivity (Wildman–Crippen MR) is 76.1 cm³/mol. The van der Waals surface area contributed by atoms with Crippen molar-refractivity contribution in [2.75, 3.05) is 14.2 Å². The Labute approximate surface area is 117 Å². The Bertz CT molecular complexity index is 625. The van der Waals surface area contributed by atoms with E-state index in [-0.39, 0.29) is 5.56 Å². The van der Waals surface area contributed by atoms with Crippen molar-refractivity contribution in [2.45, 2.75) is 0 Å². The Morgan fingerprint density at radius 3 is 2.67 bits per heavy atom. The zero-order valence-corrected chi connectivity index (χ0v) is 12.0. The average molecular weight is 358 g/mol. The maximum atomic E-state index is 11.6. The number of aromatic amines is 1. The fraction of sp³-hybridized carbons (Fsp3) is 0.167. The fourth-order valence-corrected chi connectivity index (χ4v) is 1.78. The van der Waals surface area contributed by atoms with E-state index in [1.54, 1.807) is 32.4 Å². The maximum absolute atomic E-state index is 11.6. The monoisotopic (exact) mass is 358 g/mol. The molecule has 5 nitrogen and oxygen atoms in total. The molecule has 18 heavy (non-hydrogen) atoms. The number of halogens is 1. The second-order valence-electron chi connectivity index (χ2n) is 3.48.